The van der Waals surface area contributed by atoms with E-state index in [0.29, 0.717) is 0 Å². The lowest BCUT2D eigenvalue weighted by Crippen LogP contribution is -2.32. The van der Waals surface area contributed by atoms with Crippen LogP contribution in [-0.2, 0) is 0 Å². The number of hydrogen-bond donors (Lipinski definition) is 0. The van der Waals surface area contributed by atoms with Crippen molar-refractivity contribution in [3.05, 3.63) is 47.5 Å². The van der Waals surface area contributed by atoms with Crippen LogP contribution in [0.4, 0.5) is 0 Å². The molecule has 3 aromatic carbocycles. The van der Waals surface area contributed by atoms with E-state index in [1.165, 1.54) is 27.3 Å². The highest BCUT2D eigenvalue weighted by Gasteiger charge is 2.27. The molecule has 26 heavy (non-hydrogen) atoms. The molecule has 0 aliphatic carbocycles. The maximum Gasteiger partial charge on any atom is 0.242 e. The Hall–Kier alpha value is -1.79. The maximum atomic E-state index is 6.67. The molecule has 0 aliphatic heterocycles. The van der Waals surface area contributed by atoms with Crippen LogP contribution in [0, 0.1) is 13.8 Å². The first kappa shape index (κ1) is 19.0. The Balaban J connectivity index is 2.53. The quantitative estimate of drug-likeness (QED) is 0.356. The van der Waals surface area contributed by atoms with Gasteiger partial charge in [-0.15, -0.1) is 0 Å². The van der Waals surface area contributed by atoms with E-state index in [1.54, 1.807) is 0 Å². The predicted octanol–water partition coefficient (Wildman–Crippen LogP) is 7.04. The zero-order valence-electron chi connectivity index (χ0n) is 17.3. The lowest BCUT2D eigenvalue weighted by molar-refractivity contribution is 0.498. The largest absolute Gasteiger partial charge is 0.541 e. The van der Waals surface area contributed by atoms with Crippen LogP contribution >= 0.6 is 0 Å². The van der Waals surface area contributed by atoms with Crippen LogP contribution in [0.15, 0.2) is 36.4 Å². The first-order valence-corrected chi connectivity index (χ1v) is 16.1. The number of hydrogen-bond acceptors (Lipinski definition) is 2. The van der Waals surface area contributed by atoms with Crippen molar-refractivity contribution < 1.29 is 8.85 Å². The predicted molar refractivity (Wildman–Crippen MR) is 119 cm³/mol. The highest BCUT2D eigenvalue weighted by atomic mass is 28.4. The van der Waals surface area contributed by atoms with Crippen LogP contribution < -0.4 is 8.85 Å². The SMILES string of the molecule is Cc1ccc2c(c1C)c(O[Si](C)(C)C)c(O[Si](C)(C)C)c1ccccc12. The molecule has 0 aromatic heterocycles. The zero-order valence-corrected chi connectivity index (χ0v) is 19.3. The Morgan fingerprint density at radius 1 is 0.615 bits per heavy atom. The fourth-order valence-corrected chi connectivity index (χ4v) is 4.92. The van der Waals surface area contributed by atoms with Crippen molar-refractivity contribution in [2.24, 2.45) is 0 Å². The Kier molecular flexibility index (Phi) is 4.69. The van der Waals surface area contributed by atoms with Gasteiger partial charge < -0.3 is 8.85 Å². The highest BCUT2D eigenvalue weighted by molar-refractivity contribution is 6.71. The molecule has 138 valence electrons. The van der Waals surface area contributed by atoms with Crippen molar-refractivity contribution in [3.63, 3.8) is 0 Å². The molecule has 0 heterocycles. The fourth-order valence-electron chi connectivity index (χ4n) is 3.30. The normalized spacial score (nSPS) is 12.6. The highest BCUT2D eigenvalue weighted by Crippen LogP contribution is 2.47. The smallest absolute Gasteiger partial charge is 0.242 e. The molecule has 0 N–H and O–H groups in total. The number of benzene rings is 3. The zero-order chi connectivity index (χ0) is 19.3. The molecule has 0 saturated heterocycles. The van der Waals surface area contributed by atoms with Gasteiger partial charge in [-0.05, 0) is 75.0 Å². The van der Waals surface area contributed by atoms with Crippen molar-refractivity contribution in [2.45, 2.75) is 53.1 Å². The maximum absolute atomic E-state index is 6.67. The molecule has 2 nitrogen and oxygen atoms in total. The van der Waals surface area contributed by atoms with E-state index in [2.05, 4.69) is 89.5 Å². The summed E-state index contributed by atoms with van der Waals surface area (Å²) in [5, 5.41) is 4.85. The Bertz CT molecular complexity index is 979. The lowest BCUT2D eigenvalue weighted by atomic mass is 9.94. The lowest BCUT2D eigenvalue weighted by Gasteiger charge is -2.29. The third-order valence-electron chi connectivity index (χ3n) is 4.45. The summed E-state index contributed by atoms with van der Waals surface area (Å²) >= 11 is 0. The van der Waals surface area contributed by atoms with Crippen molar-refractivity contribution in [1.82, 2.24) is 0 Å². The molecule has 0 saturated carbocycles. The third kappa shape index (κ3) is 3.67. The average Bonchev–Trinajstić information content (AvgIpc) is 2.51. The summed E-state index contributed by atoms with van der Waals surface area (Å²) in [6, 6.07) is 13.0. The van der Waals surface area contributed by atoms with Crippen molar-refractivity contribution >= 4 is 38.2 Å². The summed E-state index contributed by atoms with van der Waals surface area (Å²) < 4.78 is 13.3. The van der Waals surface area contributed by atoms with Gasteiger partial charge in [-0.25, -0.2) is 0 Å². The molecular formula is C22H30O2Si2. The molecule has 0 bridgehead atoms. The van der Waals surface area contributed by atoms with Gasteiger partial charge in [-0.2, -0.15) is 0 Å². The van der Waals surface area contributed by atoms with Crippen LogP contribution in [0.3, 0.4) is 0 Å². The molecule has 0 spiro atoms. The topological polar surface area (TPSA) is 18.5 Å². The van der Waals surface area contributed by atoms with E-state index >= 15 is 0 Å². The number of aryl methyl sites for hydroxylation is 2. The van der Waals surface area contributed by atoms with Crippen LogP contribution in [0.5, 0.6) is 11.5 Å². The molecule has 0 fully saturated rings. The summed E-state index contributed by atoms with van der Waals surface area (Å²) in [4.78, 5) is 0. The fraction of sp³-hybridized carbons (Fsp3) is 0.364. The van der Waals surface area contributed by atoms with Crippen molar-refractivity contribution in [3.8, 4) is 11.5 Å². The first-order chi connectivity index (χ1) is 12.0. The van der Waals surface area contributed by atoms with E-state index in [9.17, 15) is 0 Å². The van der Waals surface area contributed by atoms with Gasteiger partial charge in [0.2, 0.25) is 16.6 Å². The monoisotopic (exact) mass is 382 g/mol. The van der Waals surface area contributed by atoms with Gasteiger partial charge >= 0.3 is 0 Å². The molecule has 4 heteroatoms. The van der Waals surface area contributed by atoms with Gasteiger partial charge in [-0.1, -0.05) is 36.4 Å². The van der Waals surface area contributed by atoms with Gasteiger partial charge in [0.15, 0.2) is 11.5 Å². The summed E-state index contributed by atoms with van der Waals surface area (Å²) in [5.74, 6) is 1.88. The van der Waals surface area contributed by atoms with Crippen molar-refractivity contribution in [2.75, 3.05) is 0 Å². The summed E-state index contributed by atoms with van der Waals surface area (Å²) in [6.07, 6.45) is 0. The average molecular weight is 383 g/mol. The second-order valence-corrected chi connectivity index (χ2v) is 17.9. The molecule has 0 amide bonds. The number of fused-ring (bicyclic) bond motifs is 3. The molecule has 0 unspecified atom stereocenters. The minimum Gasteiger partial charge on any atom is -0.541 e. The van der Waals surface area contributed by atoms with E-state index < -0.39 is 16.6 Å². The molecule has 0 atom stereocenters. The minimum atomic E-state index is -1.81. The minimum absolute atomic E-state index is 0.934. The Morgan fingerprint density at radius 3 is 1.73 bits per heavy atom. The Labute approximate surface area is 159 Å². The molecule has 0 radical (unpaired) electrons. The standard InChI is InChI=1S/C22H30O2Si2/c1-15-13-14-18-17-11-9-10-12-19(17)21(23-25(3,4)5)22(20(18)16(15)2)24-26(6,7)8/h9-14H,1-8H3. The third-order valence-corrected chi connectivity index (χ3v) is 6.08. The van der Waals surface area contributed by atoms with Crippen molar-refractivity contribution in [1.29, 1.82) is 0 Å². The van der Waals surface area contributed by atoms with Gasteiger partial charge in [0.1, 0.15) is 0 Å². The second kappa shape index (κ2) is 6.43. The Morgan fingerprint density at radius 2 is 1.15 bits per heavy atom. The van der Waals surface area contributed by atoms with E-state index in [-0.39, 0.29) is 0 Å². The van der Waals surface area contributed by atoms with Crippen LogP contribution in [0.1, 0.15) is 11.1 Å². The molecular weight excluding hydrogens is 352 g/mol. The second-order valence-electron chi connectivity index (χ2n) is 9.06. The van der Waals surface area contributed by atoms with Gasteiger partial charge in [0, 0.05) is 10.8 Å². The summed E-state index contributed by atoms with van der Waals surface area (Å²) in [7, 11) is -3.62. The van der Waals surface area contributed by atoms with Crippen LogP contribution in [0.25, 0.3) is 21.5 Å². The van der Waals surface area contributed by atoms with E-state index in [4.69, 9.17) is 8.85 Å². The van der Waals surface area contributed by atoms with Gasteiger partial charge in [-0.3, -0.25) is 0 Å². The first-order valence-electron chi connectivity index (χ1n) is 9.30. The van der Waals surface area contributed by atoms with E-state index in [1.807, 2.05) is 0 Å². The van der Waals surface area contributed by atoms with Gasteiger partial charge in [0.25, 0.3) is 0 Å². The summed E-state index contributed by atoms with van der Waals surface area (Å²) in [5.41, 5.74) is 2.56. The number of rotatable bonds is 4. The van der Waals surface area contributed by atoms with E-state index in [0.717, 1.165) is 16.9 Å². The molecule has 3 aromatic rings. The molecule has 3 rings (SSSR count). The van der Waals surface area contributed by atoms with Gasteiger partial charge in [0.05, 0.1) is 0 Å². The summed E-state index contributed by atoms with van der Waals surface area (Å²) in [6.45, 7) is 17.8. The van der Waals surface area contributed by atoms with Crippen LogP contribution in [0.2, 0.25) is 39.3 Å². The van der Waals surface area contributed by atoms with Crippen LogP contribution in [-0.4, -0.2) is 16.6 Å². The molecule has 0 aliphatic rings.